The molecule has 2 unspecified atom stereocenters. The summed E-state index contributed by atoms with van der Waals surface area (Å²) in [6.07, 6.45) is 0.524. The van der Waals surface area contributed by atoms with E-state index in [1.807, 2.05) is 91.0 Å². The fourth-order valence-corrected chi connectivity index (χ4v) is 7.18. The molecule has 1 aliphatic rings. The lowest BCUT2D eigenvalue weighted by atomic mass is 10.0. The summed E-state index contributed by atoms with van der Waals surface area (Å²) in [6.45, 7) is 0.607. The van der Waals surface area contributed by atoms with E-state index in [-0.39, 0.29) is 44.8 Å². The van der Waals surface area contributed by atoms with Crippen LogP contribution in [0.4, 0.5) is 9.59 Å². The smallest absolute Gasteiger partial charge is 0.410 e. The molecule has 0 radical (unpaired) electrons. The Labute approximate surface area is 349 Å². The highest BCUT2D eigenvalue weighted by atomic mass is 16.6. The van der Waals surface area contributed by atoms with E-state index in [0.29, 0.717) is 30.5 Å². The molecule has 6 rings (SSSR count). The lowest BCUT2D eigenvalue weighted by Gasteiger charge is -2.29. The first-order valence-corrected chi connectivity index (χ1v) is 20.4. The lowest BCUT2D eigenvalue weighted by molar-refractivity contribution is -0.140. The van der Waals surface area contributed by atoms with Gasteiger partial charge in [-0.2, -0.15) is 0 Å². The van der Waals surface area contributed by atoms with Crippen molar-refractivity contribution in [3.63, 3.8) is 0 Å². The van der Waals surface area contributed by atoms with Crippen molar-refractivity contribution < 1.29 is 37.9 Å². The van der Waals surface area contributed by atoms with Gasteiger partial charge in [0.2, 0.25) is 17.6 Å². The lowest BCUT2D eigenvalue weighted by Crippen LogP contribution is -2.55. The van der Waals surface area contributed by atoms with E-state index in [4.69, 9.17) is 19.6 Å². The summed E-state index contributed by atoms with van der Waals surface area (Å²) in [6, 6.07) is 31.7. The predicted octanol–water partition coefficient (Wildman–Crippen LogP) is 6.18. The van der Waals surface area contributed by atoms with Gasteiger partial charge in [-0.1, -0.05) is 116 Å². The zero-order chi connectivity index (χ0) is 42.3. The molecule has 60 heavy (non-hydrogen) atoms. The molecule has 4 amide bonds. The van der Waals surface area contributed by atoms with Crippen LogP contribution in [0.3, 0.4) is 0 Å². The summed E-state index contributed by atoms with van der Waals surface area (Å²) in [4.78, 5) is 76.9. The highest BCUT2D eigenvalue weighted by Gasteiger charge is 2.45. The Morgan fingerprint density at radius 1 is 0.800 bits per heavy atom. The first-order chi connectivity index (χ1) is 29.2. The summed E-state index contributed by atoms with van der Waals surface area (Å²) in [5.41, 5.74) is 9.26. The molecule has 2 heterocycles. The van der Waals surface area contributed by atoms with Crippen molar-refractivity contribution in [1.29, 1.82) is 0 Å². The predicted molar refractivity (Wildman–Crippen MR) is 224 cm³/mol. The van der Waals surface area contributed by atoms with E-state index < -0.39 is 54.0 Å². The van der Waals surface area contributed by atoms with E-state index >= 15 is 0 Å². The van der Waals surface area contributed by atoms with E-state index in [2.05, 4.69) is 15.6 Å². The minimum absolute atomic E-state index is 0.0175. The van der Waals surface area contributed by atoms with Crippen LogP contribution in [0.2, 0.25) is 0 Å². The molecule has 314 valence electrons. The van der Waals surface area contributed by atoms with Gasteiger partial charge in [0.1, 0.15) is 30.3 Å². The molecule has 14 nitrogen and oxygen atoms in total. The number of hydrogen-bond acceptors (Lipinski definition) is 10. The van der Waals surface area contributed by atoms with Crippen molar-refractivity contribution in [3.8, 4) is 0 Å². The largest absolute Gasteiger partial charge is 0.445 e. The van der Waals surface area contributed by atoms with Crippen molar-refractivity contribution in [3.05, 3.63) is 138 Å². The number of ketones is 1. The van der Waals surface area contributed by atoms with E-state index in [1.165, 1.54) is 9.80 Å². The number of likely N-dealkylation sites (tertiary alicyclic amines) is 1. The van der Waals surface area contributed by atoms with E-state index in [9.17, 15) is 24.0 Å². The standard InChI is InChI=1S/C46H52N6O8/c1-51(29-33-18-8-3-9-19-33)46(57)59-35-28-39(42(54)48-37(23-12-5-15-27-47)41(53)43-49-36-22-13-14-24-40(36)60-43)52(30-35)44(55)38(26-25-32-16-6-2-7-17-32)50-45(56)58-31-34-20-10-4-11-21-34/h2-4,6-11,13-14,16-22,24,35,37-39H,5,12,15,23,25-31,47H2,1H3,(H,48,54)(H,50,56)/t35-,37?,38?,39+/m1/s1. The summed E-state index contributed by atoms with van der Waals surface area (Å²) >= 11 is 0. The summed E-state index contributed by atoms with van der Waals surface area (Å²) < 4.78 is 17.2. The minimum Gasteiger partial charge on any atom is -0.445 e. The minimum atomic E-state index is -1.17. The van der Waals surface area contributed by atoms with Gasteiger partial charge in [0.25, 0.3) is 5.89 Å². The first kappa shape index (κ1) is 43.0. The number of amides is 4. The molecule has 14 heteroatoms. The van der Waals surface area contributed by atoms with Crippen LogP contribution < -0.4 is 16.4 Å². The number of alkyl carbamates (subject to hydrolysis) is 1. The number of nitrogens with zero attached hydrogens (tertiary/aromatic N) is 3. The number of benzene rings is 4. The van der Waals surface area contributed by atoms with Gasteiger partial charge < -0.3 is 40.1 Å². The number of oxazole rings is 1. The number of nitrogens with two attached hydrogens (primary N) is 1. The van der Waals surface area contributed by atoms with Crippen LogP contribution in [0.25, 0.3) is 11.1 Å². The van der Waals surface area contributed by atoms with Gasteiger partial charge in [0.05, 0.1) is 12.6 Å². The Morgan fingerprint density at radius 3 is 2.13 bits per heavy atom. The average Bonchev–Trinajstić information content (AvgIpc) is 3.91. The Hall–Kier alpha value is -6.54. The normalized spacial score (nSPS) is 15.8. The Kier molecular flexibility index (Phi) is 15.4. The fraction of sp³-hybridized carbons (Fsp3) is 0.348. The zero-order valence-corrected chi connectivity index (χ0v) is 33.7. The quantitative estimate of drug-likeness (QED) is 0.0642. The maximum Gasteiger partial charge on any atom is 0.410 e. The third-order valence-electron chi connectivity index (χ3n) is 10.4. The molecule has 1 aliphatic heterocycles. The second-order valence-corrected chi connectivity index (χ2v) is 14.9. The van der Waals surface area contributed by atoms with Crippen LogP contribution in [0.5, 0.6) is 0 Å². The molecule has 5 aromatic rings. The van der Waals surface area contributed by atoms with Crippen molar-refractivity contribution in [2.24, 2.45) is 5.73 Å². The van der Waals surface area contributed by atoms with E-state index in [1.54, 1.807) is 31.3 Å². The number of carbonyl (C=O) groups is 5. The fourth-order valence-electron chi connectivity index (χ4n) is 7.18. The number of carbonyl (C=O) groups excluding carboxylic acids is 5. The molecule has 4 N–H and O–H groups in total. The Morgan fingerprint density at radius 2 is 1.45 bits per heavy atom. The van der Waals surface area contributed by atoms with Gasteiger partial charge in [-0.25, -0.2) is 14.6 Å². The molecule has 1 aromatic heterocycles. The number of aryl methyl sites for hydroxylation is 1. The van der Waals surface area contributed by atoms with Crippen molar-refractivity contribution in [1.82, 2.24) is 25.4 Å². The SMILES string of the molecule is CN(Cc1ccccc1)C(=O)O[C@@H]1C[C@@H](C(=O)NC(CCCCCN)C(=O)c2nc3ccccc3o2)N(C(=O)C(CCc2ccccc2)NC(=O)OCc2ccccc2)C1. The van der Waals surface area contributed by atoms with Gasteiger partial charge in [-0.3, -0.25) is 14.4 Å². The van der Waals surface area contributed by atoms with Gasteiger partial charge in [0.15, 0.2) is 5.58 Å². The number of para-hydroxylation sites is 2. The number of unbranched alkanes of at least 4 members (excludes halogenated alkanes) is 2. The molecule has 1 fully saturated rings. The van der Waals surface area contributed by atoms with Gasteiger partial charge >= 0.3 is 12.2 Å². The molecule has 0 spiro atoms. The summed E-state index contributed by atoms with van der Waals surface area (Å²) in [7, 11) is 1.61. The number of Topliss-reactive ketones (excluding diaryl/α,β-unsaturated/α-hetero) is 1. The second-order valence-electron chi connectivity index (χ2n) is 14.9. The average molecular weight is 817 g/mol. The molecule has 4 aromatic carbocycles. The van der Waals surface area contributed by atoms with Crippen LogP contribution >= 0.6 is 0 Å². The number of fused-ring (bicyclic) bond motifs is 1. The molecule has 0 aliphatic carbocycles. The topological polar surface area (TPSA) is 186 Å². The van der Waals surface area contributed by atoms with Crippen LogP contribution in [0.15, 0.2) is 120 Å². The highest BCUT2D eigenvalue weighted by molar-refractivity contribution is 6.01. The van der Waals surface area contributed by atoms with Crippen molar-refractivity contribution in [2.45, 2.75) is 82.3 Å². The Bertz CT molecular complexity index is 2150. The van der Waals surface area contributed by atoms with Crippen molar-refractivity contribution >= 4 is 40.9 Å². The molecular weight excluding hydrogens is 765 g/mol. The highest BCUT2D eigenvalue weighted by Crippen LogP contribution is 2.25. The second kappa shape index (κ2) is 21.5. The van der Waals surface area contributed by atoms with Crippen LogP contribution in [0, 0.1) is 0 Å². The maximum absolute atomic E-state index is 14.7. The van der Waals surface area contributed by atoms with Crippen LogP contribution in [-0.2, 0) is 38.6 Å². The number of hydrogen-bond donors (Lipinski definition) is 3. The van der Waals surface area contributed by atoms with Gasteiger partial charge in [0, 0.05) is 20.0 Å². The van der Waals surface area contributed by atoms with E-state index in [0.717, 1.165) is 29.5 Å². The molecule has 0 bridgehead atoms. The summed E-state index contributed by atoms with van der Waals surface area (Å²) in [5, 5.41) is 5.63. The third kappa shape index (κ3) is 12.0. The molecule has 1 saturated heterocycles. The number of nitrogens with one attached hydrogen (secondary N) is 2. The summed E-state index contributed by atoms with van der Waals surface area (Å²) in [5.74, 6) is -1.85. The Balaban J connectivity index is 1.24. The third-order valence-corrected chi connectivity index (χ3v) is 10.4. The van der Waals surface area contributed by atoms with Gasteiger partial charge in [-0.15, -0.1) is 0 Å². The van der Waals surface area contributed by atoms with Crippen molar-refractivity contribution in [2.75, 3.05) is 20.1 Å². The number of rotatable bonds is 19. The first-order valence-electron chi connectivity index (χ1n) is 20.4. The zero-order valence-electron chi connectivity index (χ0n) is 33.7. The molecule has 4 atom stereocenters. The monoisotopic (exact) mass is 816 g/mol. The molecular formula is C46H52N6O8. The maximum atomic E-state index is 14.7. The van der Waals surface area contributed by atoms with Gasteiger partial charge in [-0.05, 0) is 61.1 Å². The number of aromatic nitrogens is 1. The molecule has 0 saturated carbocycles. The van der Waals surface area contributed by atoms with Crippen LogP contribution in [-0.4, -0.2) is 88.9 Å². The number of ether oxygens (including phenoxy) is 2. The van der Waals surface area contributed by atoms with Crippen LogP contribution in [0.1, 0.15) is 65.9 Å².